The molecule has 0 N–H and O–H groups in total. The van der Waals surface area contributed by atoms with Crippen LogP contribution in [0.2, 0.25) is 0 Å². The summed E-state index contributed by atoms with van der Waals surface area (Å²) in [6.45, 7) is 19.3. The molecule has 0 aromatic heterocycles. The summed E-state index contributed by atoms with van der Waals surface area (Å²) in [6, 6.07) is 0. The van der Waals surface area contributed by atoms with Gasteiger partial charge < -0.3 is 0 Å². The third-order valence-electron chi connectivity index (χ3n) is 2.81. The predicted octanol–water partition coefficient (Wildman–Crippen LogP) is 3.52. The minimum absolute atomic E-state index is 1.02. The van der Waals surface area contributed by atoms with Gasteiger partial charge in [0.15, 0.2) is 0 Å². The van der Waals surface area contributed by atoms with Crippen LogP contribution < -0.4 is 0 Å². The van der Waals surface area contributed by atoms with Crippen molar-refractivity contribution < 1.29 is 0 Å². The van der Waals surface area contributed by atoms with Crippen molar-refractivity contribution in [2.45, 2.75) is 13.8 Å². The van der Waals surface area contributed by atoms with E-state index in [4.69, 9.17) is 0 Å². The van der Waals surface area contributed by atoms with E-state index in [2.05, 4.69) is 53.8 Å². The Morgan fingerprint density at radius 1 is 0.583 bits per heavy atom. The quantitative estimate of drug-likeness (QED) is 0.609. The van der Waals surface area contributed by atoms with E-state index in [0.29, 0.717) is 0 Å². The second-order valence-corrected chi connectivity index (χ2v) is 16.2. The van der Waals surface area contributed by atoms with Crippen LogP contribution >= 0.6 is 14.5 Å². The molecule has 0 heterocycles. The predicted molar refractivity (Wildman–Crippen MR) is 70.5 cm³/mol. The first-order valence-electron chi connectivity index (χ1n) is 4.75. The van der Waals surface area contributed by atoms with Crippen LogP contribution in [0.4, 0.5) is 0 Å². The van der Waals surface area contributed by atoms with Crippen molar-refractivity contribution in [2.75, 3.05) is 40.0 Å². The van der Waals surface area contributed by atoms with E-state index in [1.165, 1.54) is 0 Å². The van der Waals surface area contributed by atoms with E-state index < -0.39 is 14.5 Å². The fraction of sp³-hybridized carbons (Fsp3) is 0.800. The van der Waals surface area contributed by atoms with Crippen LogP contribution in [0.3, 0.4) is 0 Å². The zero-order valence-electron chi connectivity index (χ0n) is 10.0. The second kappa shape index (κ2) is 3.77. The number of hydrogen-bond acceptors (Lipinski definition) is 0. The van der Waals surface area contributed by atoms with Gasteiger partial charge in [-0.15, -0.1) is 0 Å². The van der Waals surface area contributed by atoms with Gasteiger partial charge in [-0.25, -0.2) is 0 Å². The Morgan fingerprint density at radius 2 is 0.750 bits per heavy atom. The molecule has 76 valence electrons. The summed E-state index contributed by atoms with van der Waals surface area (Å²) in [4.78, 5) is 0. The molecule has 0 spiro atoms. The van der Waals surface area contributed by atoms with Crippen LogP contribution in [0.15, 0.2) is 10.6 Å². The van der Waals surface area contributed by atoms with E-state index in [9.17, 15) is 0 Å². The van der Waals surface area contributed by atoms with E-state index in [0.717, 1.165) is 0 Å². The summed E-state index contributed by atoms with van der Waals surface area (Å²) in [7, 11) is -2.04. The van der Waals surface area contributed by atoms with Crippen LogP contribution in [-0.4, -0.2) is 40.0 Å². The number of rotatable bonds is 2. The topological polar surface area (TPSA) is 0 Å². The fourth-order valence-electron chi connectivity index (χ4n) is 1.12. The number of allylic oxidation sites excluding steroid dienone is 2. The average molecular weight is 208 g/mol. The summed E-state index contributed by atoms with van der Waals surface area (Å²) in [5.74, 6) is 0. The second-order valence-electron chi connectivity index (χ2n) is 5.75. The zero-order chi connectivity index (χ0) is 10.2. The maximum atomic E-state index is 2.44. The molecule has 0 amide bonds. The van der Waals surface area contributed by atoms with Crippen molar-refractivity contribution in [3.8, 4) is 0 Å². The van der Waals surface area contributed by atoms with Crippen molar-refractivity contribution in [1.82, 2.24) is 0 Å². The van der Waals surface area contributed by atoms with Gasteiger partial charge in [0.1, 0.15) is 0 Å². The molecule has 0 aliphatic rings. The molecule has 0 rings (SSSR count). The SMILES string of the molecule is C/C(=C(\C)[PH](C)(C)C)[PH](C)(C)C. The van der Waals surface area contributed by atoms with Crippen molar-refractivity contribution in [3.63, 3.8) is 0 Å². The van der Waals surface area contributed by atoms with Crippen molar-refractivity contribution in [3.05, 3.63) is 10.6 Å². The Labute approximate surface area is 79.5 Å². The summed E-state index contributed by atoms with van der Waals surface area (Å²) >= 11 is 0. The summed E-state index contributed by atoms with van der Waals surface area (Å²) in [5, 5.41) is 3.45. The Morgan fingerprint density at radius 3 is 0.833 bits per heavy atom. The van der Waals surface area contributed by atoms with Gasteiger partial charge in [0.2, 0.25) is 0 Å². The van der Waals surface area contributed by atoms with Gasteiger partial charge in [0, 0.05) is 0 Å². The molecule has 0 aliphatic carbocycles. The van der Waals surface area contributed by atoms with E-state index in [-0.39, 0.29) is 0 Å². The van der Waals surface area contributed by atoms with Crippen LogP contribution in [0, 0.1) is 0 Å². The molecule has 0 radical (unpaired) electrons. The molecule has 0 aliphatic heterocycles. The fourth-order valence-corrected chi connectivity index (χ4v) is 5.62. The van der Waals surface area contributed by atoms with Crippen LogP contribution in [0.5, 0.6) is 0 Å². The Bertz CT molecular complexity index is 167. The molecule has 0 unspecified atom stereocenters. The Hall–Kier alpha value is 0.600. The molecule has 2 heteroatoms. The van der Waals surface area contributed by atoms with Crippen molar-refractivity contribution in [1.29, 1.82) is 0 Å². The molecular formula is C10H26P2. The third-order valence-corrected chi connectivity index (χ3v) is 8.31. The minimum atomic E-state index is -1.02. The molecule has 0 saturated carbocycles. The Balaban J connectivity index is 4.96. The standard InChI is InChI=1S/C10H26P2/c1-9(11(3,4)5)10(2)12(6,7)8/h11-12H,1-8H3/b10-9-. The normalized spacial score (nSPS) is 18.7. The van der Waals surface area contributed by atoms with Gasteiger partial charge in [0.05, 0.1) is 0 Å². The van der Waals surface area contributed by atoms with Gasteiger partial charge in [-0.05, 0) is 0 Å². The van der Waals surface area contributed by atoms with Crippen LogP contribution in [-0.2, 0) is 0 Å². The van der Waals surface area contributed by atoms with Gasteiger partial charge in [0.25, 0.3) is 0 Å². The van der Waals surface area contributed by atoms with Gasteiger partial charge >= 0.3 is 79.0 Å². The molecule has 0 nitrogen and oxygen atoms in total. The Kier molecular flexibility index (Phi) is 3.96. The molecule has 0 fully saturated rings. The molecule has 0 aromatic carbocycles. The third kappa shape index (κ3) is 3.55. The summed E-state index contributed by atoms with van der Waals surface area (Å²) in [5.41, 5.74) is 0. The molecule has 0 aromatic rings. The summed E-state index contributed by atoms with van der Waals surface area (Å²) in [6.07, 6.45) is 0. The average Bonchev–Trinajstić information content (AvgIpc) is 1.80. The van der Waals surface area contributed by atoms with Crippen molar-refractivity contribution in [2.24, 2.45) is 0 Å². The first-order chi connectivity index (χ1) is 5.07. The van der Waals surface area contributed by atoms with Crippen LogP contribution in [0.25, 0.3) is 0 Å². The maximum absolute atomic E-state index is 2.44. The molecule has 12 heavy (non-hydrogen) atoms. The van der Waals surface area contributed by atoms with Gasteiger partial charge in [-0.1, -0.05) is 0 Å². The van der Waals surface area contributed by atoms with E-state index in [1.807, 2.05) is 0 Å². The van der Waals surface area contributed by atoms with Crippen LogP contribution in [0.1, 0.15) is 13.8 Å². The van der Waals surface area contributed by atoms with Gasteiger partial charge in [-0.2, -0.15) is 0 Å². The molecule has 0 bridgehead atoms. The first kappa shape index (κ1) is 12.6. The van der Waals surface area contributed by atoms with Gasteiger partial charge in [-0.3, -0.25) is 0 Å². The summed E-state index contributed by atoms with van der Waals surface area (Å²) < 4.78 is 0. The molecule has 0 saturated heterocycles. The van der Waals surface area contributed by atoms with E-state index in [1.54, 1.807) is 10.6 Å². The monoisotopic (exact) mass is 208 g/mol. The van der Waals surface area contributed by atoms with E-state index >= 15 is 0 Å². The first-order valence-corrected chi connectivity index (χ1v) is 11.8. The molecule has 0 atom stereocenters. The number of hydrogen-bond donors (Lipinski definition) is 0. The van der Waals surface area contributed by atoms with Crippen molar-refractivity contribution >= 4 is 14.5 Å². The molecular weight excluding hydrogens is 182 g/mol. The zero-order valence-corrected chi connectivity index (χ0v) is 12.0.